The maximum Gasteiger partial charge on any atom is 0.0356 e. The van der Waals surface area contributed by atoms with E-state index >= 15 is 0 Å². The van der Waals surface area contributed by atoms with Crippen molar-refractivity contribution < 1.29 is 0 Å². The van der Waals surface area contributed by atoms with Crippen LogP contribution in [-0.2, 0) is 0 Å². The van der Waals surface area contributed by atoms with Crippen LogP contribution in [0.4, 0.5) is 0 Å². The Balaban J connectivity index is 1.95. The summed E-state index contributed by atoms with van der Waals surface area (Å²) in [5.41, 5.74) is 6.48. The lowest BCUT2D eigenvalue weighted by molar-refractivity contribution is -0.000739. The predicted molar refractivity (Wildman–Crippen MR) is 77.7 cm³/mol. The molecule has 18 heavy (non-hydrogen) atoms. The highest BCUT2D eigenvalue weighted by molar-refractivity contribution is 4.98. The molecule has 0 aromatic carbocycles. The van der Waals surface area contributed by atoms with E-state index in [0.29, 0.717) is 11.6 Å². The third-order valence-corrected chi connectivity index (χ3v) is 5.29. The molecule has 0 amide bonds. The smallest absolute Gasteiger partial charge is 0.0356 e. The highest BCUT2D eigenvalue weighted by Gasteiger charge is 2.39. The van der Waals surface area contributed by atoms with Crippen molar-refractivity contribution in [2.24, 2.45) is 11.7 Å². The van der Waals surface area contributed by atoms with Crippen LogP contribution in [0, 0.1) is 5.92 Å². The number of piperidine rings is 2. The number of likely N-dealkylation sites (tertiary alicyclic amines) is 2. The average Bonchev–Trinajstić information content (AvgIpc) is 2.39. The van der Waals surface area contributed by atoms with Crippen LogP contribution in [0.15, 0.2) is 0 Å². The molecule has 2 aliphatic rings. The van der Waals surface area contributed by atoms with Gasteiger partial charge in [0.1, 0.15) is 0 Å². The van der Waals surface area contributed by atoms with E-state index < -0.39 is 0 Å². The van der Waals surface area contributed by atoms with E-state index in [1.165, 1.54) is 51.9 Å². The van der Waals surface area contributed by atoms with E-state index in [-0.39, 0.29) is 0 Å². The molecule has 0 aliphatic carbocycles. The first-order valence-electron chi connectivity index (χ1n) is 7.76. The van der Waals surface area contributed by atoms with Crippen molar-refractivity contribution in [3.05, 3.63) is 0 Å². The van der Waals surface area contributed by atoms with Crippen molar-refractivity contribution in [2.75, 3.05) is 32.7 Å². The van der Waals surface area contributed by atoms with Crippen LogP contribution in [0.25, 0.3) is 0 Å². The standard InChI is InChI=1S/C15H31N3/c1-13(2)17-10-6-15(12-16,7-11-17)18-8-4-14(3)5-9-18/h13-14H,4-12,16H2,1-3H3. The third kappa shape index (κ3) is 2.89. The fourth-order valence-corrected chi connectivity index (χ4v) is 3.59. The Bertz CT molecular complexity index is 248. The third-order valence-electron chi connectivity index (χ3n) is 5.29. The number of hydrogen-bond acceptors (Lipinski definition) is 3. The zero-order valence-corrected chi connectivity index (χ0v) is 12.5. The lowest BCUT2D eigenvalue weighted by Gasteiger charge is -2.51. The number of rotatable bonds is 3. The molecule has 0 spiro atoms. The fourth-order valence-electron chi connectivity index (χ4n) is 3.59. The second kappa shape index (κ2) is 5.89. The molecular weight excluding hydrogens is 222 g/mol. The van der Waals surface area contributed by atoms with Crippen molar-refractivity contribution >= 4 is 0 Å². The minimum Gasteiger partial charge on any atom is -0.329 e. The van der Waals surface area contributed by atoms with Crippen LogP contribution < -0.4 is 5.73 Å². The zero-order valence-electron chi connectivity index (χ0n) is 12.5. The van der Waals surface area contributed by atoms with E-state index in [0.717, 1.165) is 12.5 Å². The highest BCUT2D eigenvalue weighted by atomic mass is 15.3. The van der Waals surface area contributed by atoms with Gasteiger partial charge in [0, 0.05) is 31.2 Å². The lowest BCUT2D eigenvalue weighted by atomic mass is 9.83. The van der Waals surface area contributed by atoms with E-state index in [4.69, 9.17) is 5.73 Å². The molecule has 0 aromatic rings. The van der Waals surface area contributed by atoms with Gasteiger partial charge in [0.2, 0.25) is 0 Å². The van der Waals surface area contributed by atoms with Crippen molar-refractivity contribution in [1.82, 2.24) is 9.80 Å². The summed E-state index contributed by atoms with van der Waals surface area (Å²) in [6.45, 7) is 12.8. The van der Waals surface area contributed by atoms with Crippen LogP contribution in [0.3, 0.4) is 0 Å². The Morgan fingerprint density at radius 3 is 2.11 bits per heavy atom. The summed E-state index contributed by atoms with van der Waals surface area (Å²) < 4.78 is 0. The Kier molecular flexibility index (Phi) is 4.68. The fraction of sp³-hybridized carbons (Fsp3) is 1.00. The Morgan fingerprint density at radius 1 is 1.11 bits per heavy atom. The summed E-state index contributed by atoms with van der Waals surface area (Å²) in [4.78, 5) is 5.31. The first-order chi connectivity index (χ1) is 8.57. The molecule has 0 saturated carbocycles. The Hall–Kier alpha value is -0.120. The maximum atomic E-state index is 6.17. The zero-order chi connectivity index (χ0) is 13.2. The van der Waals surface area contributed by atoms with Gasteiger partial charge in [-0.05, 0) is 58.5 Å². The highest BCUT2D eigenvalue weighted by Crippen LogP contribution is 2.32. The van der Waals surface area contributed by atoms with Gasteiger partial charge in [-0.1, -0.05) is 6.92 Å². The quantitative estimate of drug-likeness (QED) is 0.834. The van der Waals surface area contributed by atoms with Gasteiger partial charge in [-0.3, -0.25) is 4.90 Å². The molecule has 2 rings (SSSR count). The monoisotopic (exact) mass is 253 g/mol. The van der Waals surface area contributed by atoms with Gasteiger partial charge in [0.05, 0.1) is 0 Å². The molecule has 106 valence electrons. The summed E-state index contributed by atoms with van der Waals surface area (Å²) in [7, 11) is 0. The predicted octanol–water partition coefficient (Wildman–Crippen LogP) is 1.92. The maximum absolute atomic E-state index is 6.17. The second-order valence-electron chi connectivity index (χ2n) is 6.73. The molecule has 0 aromatic heterocycles. The van der Waals surface area contributed by atoms with E-state index in [2.05, 4.69) is 30.6 Å². The molecule has 2 N–H and O–H groups in total. The van der Waals surface area contributed by atoms with Gasteiger partial charge in [0.25, 0.3) is 0 Å². The van der Waals surface area contributed by atoms with Crippen LogP contribution in [-0.4, -0.2) is 54.1 Å². The SMILES string of the molecule is CC1CCN(C2(CN)CCN(C(C)C)CC2)CC1. The number of hydrogen-bond donors (Lipinski definition) is 1. The second-order valence-corrected chi connectivity index (χ2v) is 6.73. The molecule has 0 unspecified atom stereocenters. The summed E-state index contributed by atoms with van der Waals surface area (Å²) >= 11 is 0. The summed E-state index contributed by atoms with van der Waals surface area (Å²) in [6.07, 6.45) is 5.23. The minimum atomic E-state index is 0.311. The molecule has 2 aliphatic heterocycles. The molecular formula is C15H31N3. The first-order valence-corrected chi connectivity index (χ1v) is 7.76. The molecule has 3 nitrogen and oxygen atoms in total. The van der Waals surface area contributed by atoms with E-state index in [1.54, 1.807) is 0 Å². The number of nitrogens with zero attached hydrogens (tertiary/aromatic N) is 2. The van der Waals surface area contributed by atoms with Crippen LogP contribution in [0.1, 0.15) is 46.5 Å². The van der Waals surface area contributed by atoms with Gasteiger partial charge in [-0.2, -0.15) is 0 Å². The van der Waals surface area contributed by atoms with Gasteiger partial charge in [-0.15, -0.1) is 0 Å². The van der Waals surface area contributed by atoms with Gasteiger partial charge < -0.3 is 10.6 Å². The van der Waals surface area contributed by atoms with Gasteiger partial charge >= 0.3 is 0 Å². The van der Waals surface area contributed by atoms with Crippen LogP contribution in [0.5, 0.6) is 0 Å². The van der Waals surface area contributed by atoms with Crippen LogP contribution in [0.2, 0.25) is 0 Å². The van der Waals surface area contributed by atoms with Gasteiger partial charge in [0.15, 0.2) is 0 Å². The van der Waals surface area contributed by atoms with E-state index in [9.17, 15) is 0 Å². The summed E-state index contributed by atoms with van der Waals surface area (Å²) in [5, 5.41) is 0. The molecule has 2 fully saturated rings. The van der Waals surface area contributed by atoms with Crippen LogP contribution >= 0.6 is 0 Å². The largest absolute Gasteiger partial charge is 0.329 e. The molecule has 0 atom stereocenters. The van der Waals surface area contributed by atoms with Crippen molar-refractivity contribution in [3.8, 4) is 0 Å². The summed E-state index contributed by atoms with van der Waals surface area (Å²) in [6, 6.07) is 0.683. The van der Waals surface area contributed by atoms with E-state index in [1.807, 2.05) is 0 Å². The lowest BCUT2D eigenvalue weighted by Crippen LogP contribution is -2.61. The van der Waals surface area contributed by atoms with Crippen molar-refractivity contribution in [3.63, 3.8) is 0 Å². The minimum absolute atomic E-state index is 0.311. The Labute approximate surface area is 113 Å². The summed E-state index contributed by atoms with van der Waals surface area (Å²) in [5.74, 6) is 0.909. The van der Waals surface area contributed by atoms with Crippen molar-refractivity contribution in [2.45, 2.75) is 58.0 Å². The van der Waals surface area contributed by atoms with Crippen molar-refractivity contribution in [1.29, 1.82) is 0 Å². The molecule has 0 bridgehead atoms. The topological polar surface area (TPSA) is 32.5 Å². The normalized spacial score (nSPS) is 27.8. The average molecular weight is 253 g/mol. The molecule has 2 heterocycles. The molecule has 2 saturated heterocycles. The molecule has 0 radical (unpaired) electrons. The van der Waals surface area contributed by atoms with Gasteiger partial charge in [-0.25, -0.2) is 0 Å². The first kappa shape index (κ1) is 14.3. The number of nitrogens with two attached hydrogens (primary N) is 1. The Morgan fingerprint density at radius 2 is 1.67 bits per heavy atom. The molecule has 3 heteroatoms.